The van der Waals surface area contributed by atoms with Gasteiger partial charge in [0.1, 0.15) is 0 Å². The third-order valence-electron chi connectivity index (χ3n) is 1.82. The molecule has 0 N–H and O–H groups in total. The van der Waals surface area contributed by atoms with Gasteiger partial charge in [-0.25, -0.2) is 0 Å². The predicted molar refractivity (Wildman–Crippen MR) is 47.6 cm³/mol. The molecule has 0 radical (unpaired) electrons. The van der Waals surface area contributed by atoms with E-state index in [0.29, 0.717) is 6.79 Å². The Morgan fingerprint density at radius 2 is 2.25 bits per heavy atom. The lowest BCUT2D eigenvalue weighted by Crippen LogP contribution is -1.92. The number of hydrogen-bond acceptors (Lipinski definition) is 2. The molecule has 1 aromatic rings. The zero-order chi connectivity index (χ0) is 8.39. The van der Waals surface area contributed by atoms with E-state index in [4.69, 9.17) is 9.47 Å². The average Bonchev–Trinajstić information content (AvgIpc) is 2.51. The highest BCUT2D eigenvalue weighted by atomic mass is 16.7. The first kappa shape index (κ1) is 7.22. The minimum Gasteiger partial charge on any atom is -0.454 e. The summed E-state index contributed by atoms with van der Waals surface area (Å²) >= 11 is 0. The number of ether oxygens (including phenoxy) is 2. The van der Waals surface area contributed by atoms with Gasteiger partial charge in [0.15, 0.2) is 11.5 Å². The van der Waals surface area contributed by atoms with E-state index in [9.17, 15) is 0 Å². The smallest absolute Gasteiger partial charge is 0.454 e. The molecule has 1 aromatic carbocycles. The summed E-state index contributed by atoms with van der Waals surface area (Å²) < 4.78 is 10.4. The van der Waals surface area contributed by atoms with Crippen LogP contribution in [0, 0.1) is 0 Å². The Morgan fingerprint density at radius 1 is 1.42 bits per heavy atom. The Morgan fingerprint density at radius 3 is 3.08 bits per heavy atom. The molecule has 0 spiro atoms. The first-order valence-electron chi connectivity index (χ1n) is 3.89. The molecule has 1 aliphatic rings. The Balaban J connectivity index is 0.000000845. The van der Waals surface area contributed by atoms with Gasteiger partial charge in [0, 0.05) is 0 Å². The van der Waals surface area contributed by atoms with Crippen LogP contribution in [0.25, 0.3) is 0 Å². The third kappa shape index (κ3) is 1.16. The lowest BCUT2D eigenvalue weighted by Gasteiger charge is -1.98. The van der Waals surface area contributed by atoms with E-state index in [1.54, 1.807) is 0 Å². The zero-order valence-corrected chi connectivity index (χ0v) is 6.75. The Labute approximate surface area is 72.9 Å². The van der Waals surface area contributed by atoms with E-state index in [2.05, 4.69) is 6.58 Å². The summed E-state index contributed by atoms with van der Waals surface area (Å²) in [6.07, 6.45) is 2.74. The van der Waals surface area contributed by atoms with Crippen molar-refractivity contribution >= 4 is 0 Å². The summed E-state index contributed by atoms with van der Waals surface area (Å²) in [6.45, 7) is 4.02. The molecule has 0 saturated carbocycles. The fourth-order valence-corrected chi connectivity index (χ4v) is 1.23. The SMILES string of the molecule is C=CCc1ccc2c(c1)OCO2.[H+]. The molecule has 1 aliphatic heterocycles. The molecular weight excluding hydrogens is 152 g/mol. The Bertz CT molecular complexity index is 310. The Hall–Kier alpha value is -1.44. The van der Waals surface area contributed by atoms with E-state index < -0.39 is 0 Å². The standard InChI is InChI=1S/C10H10O2/c1-2-3-8-4-5-9-10(6-8)12-7-11-9/h2,4-6H,1,3,7H2/p+1. The predicted octanol–water partition coefficient (Wildman–Crippen LogP) is 2.26. The van der Waals surface area contributed by atoms with E-state index in [1.807, 2.05) is 24.3 Å². The van der Waals surface area contributed by atoms with Crippen LogP contribution in [-0.4, -0.2) is 6.79 Å². The molecular formula is C10H11O2+. The van der Waals surface area contributed by atoms with Gasteiger partial charge in [-0.05, 0) is 24.1 Å². The molecule has 0 aromatic heterocycles. The maximum Gasteiger partial charge on any atom is 1.00 e. The number of hydrogen-bond donors (Lipinski definition) is 0. The maximum atomic E-state index is 5.23. The van der Waals surface area contributed by atoms with Gasteiger partial charge in [-0.3, -0.25) is 0 Å². The summed E-state index contributed by atoms with van der Waals surface area (Å²) in [5.74, 6) is 1.68. The molecule has 0 atom stereocenters. The second-order valence-electron chi connectivity index (χ2n) is 2.68. The van der Waals surface area contributed by atoms with Crippen molar-refractivity contribution in [2.45, 2.75) is 6.42 Å². The van der Waals surface area contributed by atoms with Crippen LogP contribution in [0.5, 0.6) is 11.5 Å². The first-order chi connectivity index (χ1) is 5.90. The lowest BCUT2D eigenvalue weighted by atomic mass is 10.1. The molecule has 12 heavy (non-hydrogen) atoms. The maximum absolute atomic E-state index is 5.23. The zero-order valence-electron chi connectivity index (χ0n) is 7.75. The van der Waals surface area contributed by atoms with Gasteiger partial charge >= 0.3 is 1.43 Å². The topological polar surface area (TPSA) is 18.5 Å². The van der Waals surface area contributed by atoms with E-state index in [-0.39, 0.29) is 1.43 Å². The number of rotatable bonds is 2. The van der Waals surface area contributed by atoms with Gasteiger partial charge < -0.3 is 9.47 Å². The molecule has 0 aliphatic carbocycles. The van der Waals surface area contributed by atoms with Gasteiger partial charge in [-0.1, -0.05) is 12.1 Å². The summed E-state index contributed by atoms with van der Waals surface area (Å²) in [5.41, 5.74) is 1.20. The molecule has 0 unspecified atom stereocenters. The highest BCUT2D eigenvalue weighted by Crippen LogP contribution is 2.32. The molecule has 1 heterocycles. The van der Waals surface area contributed by atoms with E-state index in [1.165, 1.54) is 5.56 Å². The fraction of sp³-hybridized carbons (Fsp3) is 0.200. The van der Waals surface area contributed by atoms with Gasteiger partial charge in [0.25, 0.3) is 0 Å². The molecule has 0 fully saturated rings. The van der Waals surface area contributed by atoms with Crippen LogP contribution in [0.4, 0.5) is 0 Å². The minimum absolute atomic E-state index is 0. The van der Waals surface area contributed by atoms with Crippen LogP contribution < -0.4 is 9.47 Å². The monoisotopic (exact) mass is 163 g/mol. The number of allylic oxidation sites excluding steroid dienone is 1. The average molecular weight is 163 g/mol. The minimum atomic E-state index is 0. The molecule has 2 heteroatoms. The number of fused-ring (bicyclic) bond motifs is 1. The van der Waals surface area contributed by atoms with Crippen molar-refractivity contribution in [3.05, 3.63) is 36.4 Å². The van der Waals surface area contributed by atoms with Crippen molar-refractivity contribution in [2.24, 2.45) is 0 Å². The molecule has 0 amide bonds. The second kappa shape index (κ2) is 2.89. The van der Waals surface area contributed by atoms with Crippen molar-refractivity contribution < 1.29 is 10.9 Å². The van der Waals surface area contributed by atoms with E-state index >= 15 is 0 Å². The molecule has 62 valence electrons. The Kier molecular flexibility index (Phi) is 1.74. The number of benzene rings is 1. The van der Waals surface area contributed by atoms with Crippen molar-refractivity contribution in [1.29, 1.82) is 0 Å². The van der Waals surface area contributed by atoms with Crippen LogP contribution in [0.3, 0.4) is 0 Å². The van der Waals surface area contributed by atoms with E-state index in [0.717, 1.165) is 17.9 Å². The van der Waals surface area contributed by atoms with Crippen molar-refractivity contribution in [1.82, 2.24) is 0 Å². The van der Waals surface area contributed by atoms with Crippen molar-refractivity contribution in [3.8, 4) is 11.5 Å². The van der Waals surface area contributed by atoms with Crippen LogP contribution in [0.1, 0.15) is 6.99 Å². The molecule has 0 bridgehead atoms. The normalized spacial score (nSPS) is 13.0. The van der Waals surface area contributed by atoms with Crippen LogP contribution >= 0.6 is 0 Å². The van der Waals surface area contributed by atoms with Crippen molar-refractivity contribution in [2.75, 3.05) is 6.79 Å². The molecule has 2 rings (SSSR count). The quantitative estimate of drug-likeness (QED) is 0.622. The van der Waals surface area contributed by atoms with Crippen LogP contribution in [0.2, 0.25) is 0 Å². The third-order valence-corrected chi connectivity index (χ3v) is 1.82. The lowest BCUT2D eigenvalue weighted by molar-refractivity contribution is 0.174. The summed E-state index contributed by atoms with van der Waals surface area (Å²) in [4.78, 5) is 0. The summed E-state index contributed by atoms with van der Waals surface area (Å²) in [5, 5.41) is 0. The fourth-order valence-electron chi connectivity index (χ4n) is 1.23. The largest absolute Gasteiger partial charge is 1.00 e. The second-order valence-corrected chi connectivity index (χ2v) is 2.68. The summed E-state index contributed by atoms with van der Waals surface area (Å²) in [6, 6.07) is 5.94. The van der Waals surface area contributed by atoms with Gasteiger partial charge in [0.05, 0.1) is 0 Å². The highest BCUT2D eigenvalue weighted by molar-refractivity contribution is 5.44. The molecule has 2 nitrogen and oxygen atoms in total. The highest BCUT2D eigenvalue weighted by Gasteiger charge is 2.12. The van der Waals surface area contributed by atoms with Gasteiger partial charge in [-0.2, -0.15) is 0 Å². The van der Waals surface area contributed by atoms with Gasteiger partial charge in [0.2, 0.25) is 6.79 Å². The first-order valence-corrected chi connectivity index (χ1v) is 3.89. The van der Waals surface area contributed by atoms with Gasteiger partial charge in [-0.15, -0.1) is 6.58 Å². The molecule has 0 saturated heterocycles. The van der Waals surface area contributed by atoms with Crippen LogP contribution in [-0.2, 0) is 6.42 Å². The van der Waals surface area contributed by atoms with Crippen molar-refractivity contribution in [3.63, 3.8) is 0 Å². The summed E-state index contributed by atoms with van der Waals surface area (Å²) in [7, 11) is 0. The van der Waals surface area contributed by atoms with Crippen LogP contribution in [0.15, 0.2) is 30.9 Å².